The van der Waals surface area contributed by atoms with Crippen LogP contribution in [0.5, 0.6) is 0 Å². The minimum Gasteiger partial charge on any atom is -0.478 e. The van der Waals surface area contributed by atoms with Gasteiger partial charge in [0.15, 0.2) is 23.3 Å². The van der Waals surface area contributed by atoms with Crippen molar-refractivity contribution in [3.63, 3.8) is 0 Å². The molecule has 0 aliphatic heterocycles. The standard InChI is InChI=1S/C14H6F6O2/c1-4-5(2-3-6(8(4)15)14(21)22)7-9(16)11(18)13(20)12(19)10(7)17/h2-3H,1H3,(H,21,22). The van der Waals surface area contributed by atoms with Gasteiger partial charge in [0.25, 0.3) is 0 Å². The highest BCUT2D eigenvalue weighted by Crippen LogP contribution is 2.34. The summed E-state index contributed by atoms with van der Waals surface area (Å²) in [7, 11) is 0. The molecule has 0 unspecified atom stereocenters. The molecule has 116 valence electrons. The van der Waals surface area contributed by atoms with Gasteiger partial charge in [-0.15, -0.1) is 0 Å². The van der Waals surface area contributed by atoms with E-state index in [0.29, 0.717) is 6.07 Å². The summed E-state index contributed by atoms with van der Waals surface area (Å²) in [5, 5.41) is 8.73. The maximum atomic E-state index is 13.9. The van der Waals surface area contributed by atoms with Gasteiger partial charge in [-0.2, -0.15) is 0 Å². The Balaban J connectivity index is 2.85. The Hall–Kier alpha value is -2.51. The van der Waals surface area contributed by atoms with E-state index in [-0.39, 0.29) is 0 Å². The monoisotopic (exact) mass is 320 g/mol. The lowest BCUT2D eigenvalue weighted by Gasteiger charge is -2.12. The Morgan fingerprint density at radius 1 is 0.818 bits per heavy atom. The first-order valence-electron chi connectivity index (χ1n) is 5.72. The number of benzene rings is 2. The maximum absolute atomic E-state index is 13.9. The molecular formula is C14H6F6O2. The van der Waals surface area contributed by atoms with Crippen LogP contribution >= 0.6 is 0 Å². The minimum atomic E-state index is -2.33. The van der Waals surface area contributed by atoms with E-state index in [1.165, 1.54) is 0 Å². The molecule has 0 fully saturated rings. The van der Waals surface area contributed by atoms with Crippen molar-refractivity contribution in [3.05, 3.63) is 58.2 Å². The van der Waals surface area contributed by atoms with Gasteiger partial charge in [0, 0.05) is 0 Å². The van der Waals surface area contributed by atoms with Crippen molar-refractivity contribution in [3.8, 4) is 11.1 Å². The van der Waals surface area contributed by atoms with E-state index in [1.54, 1.807) is 0 Å². The van der Waals surface area contributed by atoms with E-state index >= 15 is 0 Å². The molecule has 0 saturated heterocycles. The Morgan fingerprint density at radius 3 is 1.73 bits per heavy atom. The molecule has 22 heavy (non-hydrogen) atoms. The number of carboxylic acids is 1. The number of aromatic carboxylic acids is 1. The van der Waals surface area contributed by atoms with Crippen LogP contribution in [0.2, 0.25) is 0 Å². The van der Waals surface area contributed by atoms with Crippen LogP contribution in [0.4, 0.5) is 26.3 Å². The summed E-state index contributed by atoms with van der Waals surface area (Å²) in [6, 6.07) is 1.46. The van der Waals surface area contributed by atoms with Gasteiger partial charge < -0.3 is 5.11 Å². The average molecular weight is 320 g/mol. The predicted molar refractivity (Wildman–Crippen MR) is 63.3 cm³/mol. The molecule has 0 saturated carbocycles. The highest BCUT2D eigenvalue weighted by Gasteiger charge is 2.28. The number of hydrogen-bond donors (Lipinski definition) is 1. The number of rotatable bonds is 2. The number of carbonyl (C=O) groups is 1. The topological polar surface area (TPSA) is 37.3 Å². The third-order valence-corrected chi connectivity index (χ3v) is 3.10. The molecule has 0 amide bonds. The van der Waals surface area contributed by atoms with E-state index < -0.39 is 63.1 Å². The minimum absolute atomic E-state index is 0.553. The molecule has 0 spiro atoms. The van der Waals surface area contributed by atoms with Gasteiger partial charge in [-0.25, -0.2) is 31.1 Å². The summed E-state index contributed by atoms with van der Waals surface area (Å²) in [5.41, 5.74) is -3.28. The van der Waals surface area contributed by atoms with E-state index in [2.05, 4.69) is 0 Å². The van der Waals surface area contributed by atoms with E-state index in [0.717, 1.165) is 13.0 Å². The van der Waals surface area contributed by atoms with Gasteiger partial charge in [-0.1, -0.05) is 6.07 Å². The fraction of sp³-hybridized carbons (Fsp3) is 0.0714. The SMILES string of the molecule is Cc1c(-c2c(F)c(F)c(F)c(F)c2F)ccc(C(=O)O)c1F. The highest BCUT2D eigenvalue weighted by atomic mass is 19.2. The quantitative estimate of drug-likeness (QED) is 0.512. The van der Waals surface area contributed by atoms with Crippen molar-refractivity contribution in [1.29, 1.82) is 0 Å². The summed E-state index contributed by atoms with van der Waals surface area (Å²) in [4.78, 5) is 10.8. The van der Waals surface area contributed by atoms with Gasteiger partial charge in [0.2, 0.25) is 5.82 Å². The number of hydrogen-bond acceptors (Lipinski definition) is 1. The van der Waals surface area contributed by atoms with E-state index in [1.807, 2.05) is 0 Å². The van der Waals surface area contributed by atoms with Crippen molar-refractivity contribution in [2.24, 2.45) is 0 Å². The smallest absolute Gasteiger partial charge is 0.338 e. The second-order valence-electron chi connectivity index (χ2n) is 4.35. The van der Waals surface area contributed by atoms with Gasteiger partial charge in [-0.05, 0) is 24.1 Å². The first-order valence-corrected chi connectivity index (χ1v) is 5.72. The lowest BCUT2D eigenvalue weighted by molar-refractivity contribution is 0.0691. The van der Waals surface area contributed by atoms with Crippen molar-refractivity contribution in [2.45, 2.75) is 6.92 Å². The van der Waals surface area contributed by atoms with Crippen LogP contribution in [0.15, 0.2) is 12.1 Å². The first kappa shape index (κ1) is 15.9. The van der Waals surface area contributed by atoms with Crippen LogP contribution in [0.25, 0.3) is 11.1 Å². The van der Waals surface area contributed by atoms with Crippen molar-refractivity contribution in [1.82, 2.24) is 0 Å². The van der Waals surface area contributed by atoms with Crippen LogP contribution in [0, 0.1) is 41.8 Å². The van der Waals surface area contributed by atoms with Crippen LogP contribution < -0.4 is 0 Å². The summed E-state index contributed by atoms with van der Waals surface area (Å²) < 4.78 is 80.6. The van der Waals surface area contributed by atoms with Crippen LogP contribution in [0.1, 0.15) is 15.9 Å². The lowest BCUT2D eigenvalue weighted by atomic mass is 9.96. The third-order valence-electron chi connectivity index (χ3n) is 3.10. The zero-order chi connectivity index (χ0) is 16.8. The zero-order valence-electron chi connectivity index (χ0n) is 10.8. The fourth-order valence-corrected chi connectivity index (χ4v) is 1.96. The molecule has 0 atom stereocenters. The van der Waals surface area contributed by atoms with E-state index in [4.69, 9.17) is 5.11 Å². The first-order chi connectivity index (χ1) is 10.2. The zero-order valence-corrected chi connectivity index (χ0v) is 10.8. The summed E-state index contributed by atoms with van der Waals surface area (Å²) >= 11 is 0. The Bertz CT molecular complexity index is 772. The third kappa shape index (κ3) is 2.20. The molecule has 8 heteroatoms. The molecule has 2 nitrogen and oxygen atoms in total. The Labute approximate surface area is 119 Å². The molecule has 0 radical (unpaired) electrons. The number of carboxylic acid groups (broad SMARTS) is 1. The molecular weight excluding hydrogens is 314 g/mol. The van der Waals surface area contributed by atoms with Gasteiger partial charge >= 0.3 is 5.97 Å². The Kier molecular flexibility index (Phi) is 3.87. The summed E-state index contributed by atoms with van der Waals surface area (Å²) in [6.45, 7) is 0.967. The van der Waals surface area contributed by atoms with Gasteiger partial charge in [-0.3, -0.25) is 0 Å². The normalized spacial score (nSPS) is 10.9. The molecule has 2 aromatic rings. The fourth-order valence-electron chi connectivity index (χ4n) is 1.96. The lowest BCUT2D eigenvalue weighted by Crippen LogP contribution is -2.07. The molecule has 1 N–H and O–H groups in total. The molecule has 2 aromatic carbocycles. The maximum Gasteiger partial charge on any atom is 0.338 e. The van der Waals surface area contributed by atoms with Gasteiger partial charge in [0.1, 0.15) is 5.82 Å². The number of halogens is 6. The largest absolute Gasteiger partial charge is 0.478 e. The van der Waals surface area contributed by atoms with Crippen LogP contribution in [0.3, 0.4) is 0 Å². The van der Waals surface area contributed by atoms with Gasteiger partial charge in [0.05, 0.1) is 11.1 Å². The molecule has 2 rings (SSSR count). The Morgan fingerprint density at radius 2 is 1.27 bits per heavy atom. The van der Waals surface area contributed by atoms with Crippen molar-refractivity contribution < 1.29 is 36.2 Å². The van der Waals surface area contributed by atoms with Crippen molar-refractivity contribution >= 4 is 5.97 Å². The molecule has 0 bridgehead atoms. The second kappa shape index (κ2) is 5.36. The van der Waals surface area contributed by atoms with Crippen LogP contribution in [-0.4, -0.2) is 11.1 Å². The summed E-state index contributed by atoms with van der Waals surface area (Å²) in [5.74, 6) is -13.9. The molecule has 0 heterocycles. The predicted octanol–water partition coefficient (Wildman–Crippen LogP) is 4.19. The molecule has 0 aromatic heterocycles. The second-order valence-corrected chi connectivity index (χ2v) is 4.35. The molecule has 0 aliphatic carbocycles. The molecule has 0 aliphatic rings. The van der Waals surface area contributed by atoms with Crippen LogP contribution in [-0.2, 0) is 0 Å². The van der Waals surface area contributed by atoms with Crippen molar-refractivity contribution in [2.75, 3.05) is 0 Å². The highest BCUT2D eigenvalue weighted by molar-refractivity contribution is 5.89. The summed E-state index contributed by atoms with van der Waals surface area (Å²) in [6.07, 6.45) is 0. The van der Waals surface area contributed by atoms with E-state index in [9.17, 15) is 31.1 Å². The average Bonchev–Trinajstić information content (AvgIpc) is 2.47.